The molecular weight excluding hydrogens is 332 g/mol. The Morgan fingerprint density at radius 3 is 2.60 bits per heavy atom. The summed E-state index contributed by atoms with van der Waals surface area (Å²) < 4.78 is 18.7. The Morgan fingerprint density at radius 2 is 1.96 bits per heavy atom. The van der Waals surface area contributed by atoms with Gasteiger partial charge in [0.2, 0.25) is 0 Å². The van der Waals surface area contributed by atoms with E-state index in [1.165, 1.54) is 6.42 Å². The van der Waals surface area contributed by atoms with Gasteiger partial charge in [0.25, 0.3) is 0 Å². The van der Waals surface area contributed by atoms with Gasteiger partial charge in [-0.2, -0.15) is 0 Å². The van der Waals surface area contributed by atoms with Crippen LogP contribution in [-0.2, 0) is 18.7 Å². The van der Waals surface area contributed by atoms with Gasteiger partial charge in [0.05, 0.1) is 6.10 Å². The fourth-order valence-electron chi connectivity index (χ4n) is 4.39. The van der Waals surface area contributed by atoms with Crippen molar-refractivity contribution < 1.29 is 18.7 Å². The summed E-state index contributed by atoms with van der Waals surface area (Å²) in [6, 6.07) is 0. The third kappa shape index (κ3) is 4.37. The van der Waals surface area contributed by atoms with Gasteiger partial charge in [-0.05, 0) is 55.7 Å². The molecule has 2 aliphatic carbocycles. The van der Waals surface area contributed by atoms with Crippen molar-refractivity contribution in [2.75, 3.05) is 13.2 Å². The number of fused-ring (bicyclic) bond motifs is 1. The van der Waals surface area contributed by atoms with Gasteiger partial charge in [0.15, 0.2) is 14.6 Å². The molecule has 1 heterocycles. The number of hydrogen-bond acceptors (Lipinski definition) is 4. The van der Waals surface area contributed by atoms with Crippen LogP contribution in [0.1, 0.15) is 59.3 Å². The molecule has 1 aliphatic heterocycles. The Kier molecular flexibility index (Phi) is 5.79. The van der Waals surface area contributed by atoms with Gasteiger partial charge in [-0.25, -0.2) is 0 Å². The first kappa shape index (κ1) is 19.5. The molecule has 0 bridgehead atoms. The molecule has 5 atom stereocenters. The fraction of sp³-hybridized carbons (Fsp3) is 0.950. The van der Waals surface area contributed by atoms with Gasteiger partial charge in [-0.3, -0.25) is 4.79 Å². The molecule has 0 radical (unpaired) electrons. The maximum atomic E-state index is 12.0. The minimum absolute atomic E-state index is 0.0522. The van der Waals surface area contributed by atoms with E-state index >= 15 is 0 Å². The van der Waals surface area contributed by atoms with Crippen LogP contribution in [0, 0.1) is 17.8 Å². The standard InChI is InChI=1S/C20H36O4Si/c1-20(2,3)25(4,5)23-13-17-16-12-15(21)10-14(16)11-18(17)24-19-8-6-7-9-22-19/h14,16-19H,6-13H2,1-5H3/t14-,16-,17+,18+,19-/m0/s1. The topological polar surface area (TPSA) is 44.8 Å². The lowest BCUT2D eigenvalue weighted by molar-refractivity contribution is -0.198. The highest BCUT2D eigenvalue weighted by Crippen LogP contribution is 2.49. The predicted molar refractivity (Wildman–Crippen MR) is 101 cm³/mol. The molecule has 25 heavy (non-hydrogen) atoms. The van der Waals surface area contributed by atoms with Crippen molar-refractivity contribution in [3.8, 4) is 0 Å². The average molecular weight is 369 g/mol. The maximum Gasteiger partial charge on any atom is 0.191 e. The van der Waals surface area contributed by atoms with E-state index in [-0.39, 0.29) is 17.4 Å². The summed E-state index contributed by atoms with van der Waals surface area (Å²) in [4.78, 5) is 12.0. The van der Waals surface area contributed by atoms with Crippen molar-refractivity contribution in [2.45, 2.75) is 89.8 Å². The van der Waals surface area contributed by atoms with Crippen LogP contribution in [0.3, 0.4) is 0 Å². The fourth-order valence-corrected chi connectivity index (χ4v) is 5.43. The quantitative estimate of drug-likeness (QED) is 0.669. The summed E-state index contributed by atoms with van der Waals surface area (Å²) in [5.41, 5.74) is 0. The number of carbonyl (C=O) groups excluding carboxylic acids is 1. The Labute approximate surface area is 154 Å². The summed E-state index contributed by atoms with van der Waals surface area (Å²) in [5, 5.41) is 0.208. The number of Topliss-reactive ketones (excluding diaryl/α,β-unsaturated/α-hetero) is 1. The monoisotopic (exact) mass is 368 g/mol. The van der Waals surface area contributed by atoms with E-state index in [9.17, 15) is 4.79 Å². The maximum absolute atomic E-state index is 12.0. The summed E-state index contributed by atoms with van der Waals surface area (Å²) in [6.07, 6.45) is 5.94. The molecule has 1 saturated heterocycles. The summed E-state index contributed by atoms with van der Waals surface area (Å²) in [5.74, 6) is 1.72. The Bertz CT molecular complexity index is 479. The van der Waals surface area contributed by atoms with E-state index in [0.717, 1.165) is 45.3 Å². The second-order valence-electron chi connectivity index (χ2n) is 9.81. The SMILES string of the molecule is CC(C)(C)[Si](C)(C)OC[C@@H]1[C@H]2CC(=O)C[C@H]2C[C@H]1O[C@H]1CCCCO1. The van der Waals surface area contributed by atoms with Gasteiger partial charge in [-0.1, -0.05) is 20.8 Å². The van der Waals surface area contributed by atoms with Gasteiger partial charge in [0, 0.05) is 32.0 Å². The highest BCUT2D eigenvalue weighted by molar-refractivity contribution is 6.74. The first-order chi connectivity index (χ1) is 11.7. The second-order valence-corrected chi connectivity index (χ2v) is 14.6. The van der Waals surface area contributed by atoms with E-state index in [0.29, 0.717) is 23.5 Å². The minimum atomic E-state index is -1.79. The van der Waals surface area contributed by atoms with Crippen LogP contribution in [-0.4, -0.2) is 39.7 Å². The van der Waals surface area contributed by atoms with E-state index in [1.807, 2.05) is 0 Å². The van der Waals surface area contributed by atoms with Crippen molar-refractivity contribution in [3.63, 3.8) is 0 Å². The molecule has 5 heteroatoms. The molecule has 0 unspecified atom stereocenters. The summed E-state index contributed by atoms with van der Waals surface area (Å²) in [7, 11) is -1.79. The predicted octanol–water partition coefficient (Wildman–Crippen LogP) is 4.54. The molecule has 3 rings (SSSR count). The van der Waals surface area contributed by atoms with E-state index < -0.39 is 8.32 Å². The molecule has 0 N–H and O–H groups in total. The Morgan fingerprint density at radius 1 is 1.20 bits per heavy atom. The number of carbonyl (C=O) groups is 1. The Balaban J connectivity index is 1.66. The van der Waals surface area contributed by atoms with Crippen molar-refractivity contribution in [1.82, 2.24) is 0 Å². The van der Waals surface area contributed by atoms with Crippen LogP contribution in [0.2, 0.25) is 18.1 Å². The highest BCUT2D eigenvalue weighted by atomic mass is 28.4. The number of hydrogen-bond donors (Lipinski definition) is 0. The van der Waals surface area contributed by atoms with Gasteiger partial charge in [-0.15, -0.1) is 0 Å². The van der Waals surface area contributed by atoms with Crippen molar-refractivity contribution in [2.24, 2.45) is 17.8 Å². The lowest BCUT2D eigenvalue weighted by atomic mass is 9.92. The zero-order valence-corrected chi connectivity index (χ0v) is 17.7. The largest absolute Gasteiger partial charge is 0.416 e. The van der Waals surface area contributed by atoms with Crippen LogP contribution >= 0.6 is 0 Å². The van der Waals surface area contributed by atoms with E-state index in [4.69, 9.17) is 13.9 Å². The van der Waals surface area contributed by atoms with Gasteiger partial charge in [0.1, 0.15) is 5.78 Å². The molecule has 0 amide bonds. The van der Waals surface area contributed by atoms with Crippen molar-refractivity contribution in [3.05, 3.63) is 0 Å². The zero-order valence-electron chi connectivity index (χ0n) is 16.7. The molecule has 0 aromatic carbocycles. The Hall–Kier alpha value is -0.233. The number of ether oxygens (including phenoxy) is 2. The molecule has 144 valence electrons. The van der Waals surface area contributed by atoms with Crippen molar-refractivity contribution in [1.29, 1.82) is 0 Å². The first-order valence-corrected chi connectivity index (χ1v) is 13.0. The third-order valence-electron chi connectivity index (χ3n) is 7.03. The molecular formula is C20H36O4Si. The lowest BCUT2D eigenvalue weighted by Crippen LogP contribution is -2.44. The summed E-state index contributed by atoms with van der Waals surface area (Å²) >= 11 is 0. The van der Waals surface area contributed by atoms with Gasteiger partial charge < -0.3 is 13.9 Å². The number of rotatable bonds is 5. The molecule has 0 spiro atoms. The van der Waals surface area contributed by atoms with Crippen LogP contribution in [0.5, 0.6) is 0 Å². The molecule has 3 aliphatic rings. The highest BCUT2D eigenvalue weighted by Gasteiger charge is 2.50. The van der Waals surface area contributed by atoms with Gasteiger partial charge >= 0.3 is 0 Å². The molecule has 0 aromatic heterocycles. The first-order valence-electron chi connectivity index (χ1n) is 10.1. The lowest BCUT2D eigenvalue weighted by Gasteiger charge is -2.38. The smallest absolute Gasteiger partial charge is 0.191 e. The minimum Gasteiger partial charge on any atom is -0.416 e. The molecule has 4 nitrogen and oxygen atoms in total. The average Bonchev–Trinajstić information content (AvgIpc) is 3.01. The molecule has 0 aromatic rings. The number of ketones is 1. The van der Waals surface area contributed by atoms with Crippen LogP contribution < -0.4 is 0 Å². The van der Waals surface area contributed by atoms with E-state index in [2.05, 4.69) is 33.9 Å². The zero-order chi connectivity index (χ0) is 18.2. The van der Waals surface area contributed by atoms with Crippen molar-refractivity contribution >= 4 is 14.1 Å². The van der Waals surface area contributed by atoms with Crippen LogP contribution in [0.25, 0.3) is 0 Å². The van der Waals surface area contributed by atoms with Crippen LogP contribution in [0.15, 0.2) is 0 Å². The normalized spacial score (nSPS) is 36.7. The second kappa shape index (κ2) is 7.41. The van der Waals surface area contributed by atoms with Crippen LogP contribution in [0.4, 0.5) is 0 Å². The van der Waals surface area contributed by atoms with E-state index in [1.54, 1.807) is 0 Å². The molecule has 3 fully saturated rings. The molecule has 2 saturated carbocycles. The summed E-state index contributed by atoms with van der Waals surface area (Å²) in [6.45, 7) is 13.0. The third-order valence-corrected chi connectivity index (χ3v) is 11.5.